The molecule has 0 saturated carbocycles. The van der Waals surface area contributed by atoms with E-state index in [1.807, 2.05) is 0 Å². The molecule has 200 valence electrons. The molecule has 1 fully saturated rings. The summed E-state index contributed by atoms with van der Waals surface area (Å²) in [5, 5.41) is 17.5. The van der Waals surface area contributed by atoms with Crippen LogP contribution in [0.25, 0.3) is 0 Å². The fourth-order valence-electron chi connectivity index (χ4n) is 4.26. The van der Waals surface area contributed by atoms with E-state index in [1.165, 1.54) is 12.4 Å². The van der Waals surface area contributed by atoms with Gasteiger partial charge in [-0.15, -0.1) is 0 Å². The molecule has 12 heteroatoms. The van der Waals surface area contributed by atoms with Gasteiger partial charge in [-0.3, -0.25) is 14.4 Å². The van der Waals surface area contributed by atoms with E-state index in [2.05, 4.69) is 30.8 Å². The fraction of sp³-hybridized carbons (Fsp3) is 0.308. The first kappa shape index (κ1) is 27.2. The summed E-state index contributed by atoms with van der Waals surface area (Å²) >= 11 is 5.94. The molecular weight excluding hydrogens is 515 g/mol. The molecular formula is C26H28ClFN6O4. The summed E-state index contributed by atoms with van der Waals surface area (Å²) in [6.07, 6.45) is 3.30. The summed E-state index contributed by atoms with van der Waals surface area (Å²) in [6, 6.07) is 9.79. The van der Waals surface area contributed by atoms with Crippen LogP contribution in [0.1, 0.15) is 44.2 Å². The molecule has 0 spiro atoms. The van der Waals surface area contributed by atoms with Gasteiger partial charge in [0, 0.05) is 37.6 Å². The molecule has 1 saturated heterocycles. The average Bonchev–Trinajstić information content (AvgIpc) is 3.40. The first-order chi connectivity index (χ1) is 18.3. The van der Waals surface area contributed by atoms with E-state index in [4.69, 9.17) is 11.6 Å². The van der Waals surface area contributed by atoms with Crippen LogP contribution >= 0.6 is 11.6 Å². The Hall–Kier alpha value is -3.80. The zero-order valence-electron chi connectivity index (χ0n) is 20.5. The minimum Gasteiger partial charge on any atom is -0.396 e. The number of carbonyl (C=O) groups is 3. The maximum absolute atomic E-state index is 13.2. The number of aromatic amines is 1. The van der Waals surface area contributed by atoms with E-state index in [1.54, 1.807) is 24.3 Å². The molecule has 4 rings (SSSR count). The number of aliphatic hydroxyl groups is 1. The molecule has 10 nitrogen and oxygen atoms in total. The third-order valence-corrected chi connectivity index (χ3v) is 6.55. The molecule has 1 aliphatic rings. The third kappa shape index (κ3) is 6.94. The summed E-state index contributed by atoms with van der Waals surface area (Å²) < 4.78 is 13.2. The Kier molecular flexibility index (Phi) is 9.06. The fourth-order valence-corrected chi connectivity index (χ4v) is 4.51. The standard InChI is InChI=1S/C26H28ClFN6O4/c27-21-12-17(28)3-8-20(21)24(36)32-18-4-6-19(7-5-18)33-26(38)23-22(30-15-31-23)25(37)29-9-11-34-10-1-2-16(13-34)14-35/h3-8,12,15-16,35H,1-2,9-11,13-14H2,(H,29,37)(H,30,31)(H,32,36)(H,33,38). The summed E-state index contributed by atoms with van der Waals surface area (Å²) in [5.41, 5.74) is 0.983. The minimum atomic E-state index is -0.576. The van der Waals surface area contributed by atoms with E-state index in [0.717, 1.165) is 38.1 Å². The lowest BCUT2D eigenvalue weighted by atomic mass is 9.99. The number of nitrogens with one attached hydrogen (secondary N) is 4. The van der Waals surface area contributed by atoms with Crippen LogP contribution in [0.2, 0.25) is 5.02 Å². The van der Waals surface area contributed by atoms with E-state index < -0.39 is 23.5 Å². The van der Waals surface area contributed by atoms with Crippen molar-refractivity contribution >= 4 is 40.7 Å². The summed E-state index contributed by atoms with van der Waals surface area (Å²) in [6.45, 7) is 2.93. The first-order valence-corrected chi connectivity index (χ1v) is 12.5. The number of benzene rings is 2. The van der Waals surface area contributed by atoms with Crippen molar-refractivity contribution in [3.05, 3.63) is 76.6 Å². The van der Waals surface area contributed by atoms with Gasteiger partial charge >= 0.3 is 0 Å². The van der Waals surface area contributed by atoms with Crippen LogP contribution < -0.4 is 16.0 Å². The number of H-pyrrole nitrogens is 1. The van der Waals surface area contributed by atoms with Gasteiger partial charge in [0.2, 0.25) is 0 Å². The van der Waals surface area contributed by atoms with Gasteiger partial charge in [0.05, 0.1) is 16.9 Å². The number of halogens is 2. The predicted molar refractivity (Wildman–Crippen MR) is 141 cm³/mol. The molecule has 0 radical (unpaired) electrons. The van der Waals surface area contributed by atoms with Gasteiger partial charge < -0.3 is 30.9 Å². The highest BCUT2D eigenvalue weighted by molar-refractivity contribution is 6.34. The second-order valence-electron chi connectivity index (χ2n) is 8.98. The van der Waals surface area contributed by atoms with Gasteiger partial charge in [-0.1, -0.05) is 11.6 Å². The number of carbonyl (C=O) groups excluding carboxylic acids is 3. The number of rotatable bonds is 9. The van der Waals surface area contributed by atoms with Crippen LogP contribution in [0.15, 0.2) is 48.8 Å². The Morgan fingerprint density at radius 2 is 1.79 bits per heavy atom. The SMILES string of the molecule is O=C(Nc1ccc(NC(=O)c2nc[nH]c2C(=O)NCCN2CCCC(CO)C2)cc1)c1ccc(F)cc1Cl. The second-order valence-corrected chi connectivity index (χ2v) is 9.39. The highest BCUT2D eigenvalue weighted by Gasteiger charge is 2.22. The smallest absolute Gasteiger partial charge is 0.276 e. The van der Waals surface area contributed by atoms with Gasteiger partial charge in [-0.2, -0.15) is 0 Å². The minimum absolute atomic E-state index is 0.00735. The van der Waals surface area contributed by atoms with Crippen LogP contribution in [0.4, 0.5) is 15.8 Å². The van der Waals surface area contributed by atoms with Gasteiger partial charge in [0.15, 0.2) is 5.69 Å². The van der Waals surface area contributed by atoms with E-state index >= 15 is 0 Å². The van der Waals surface area contributed by atoms with E-state index in [9.17, 15) is 23.9 Å². The van der Waals surface area contributed by atoms with Crippen LogP contribution in [-0.2, 0) is 0 Å². The van der Waals surface area contributed by atoms with Crippen LogP contribution in [-0.4, -0.2) is 70.5 Å². The quantitative estimate of drug-likeness (QED) is 0.281. The maximum atomic E-state index is 13.2. The number of aromatic nitrogens is 2. The number of anilines is 2. The van der Waals surface area contributed by atoms with Crippen molar-refractivity contribution in [2.45, 2.75) is 12.8 Å². The molecule has 1 aromatic heterocycles. The van der Waals surface area contributed by atoms with Crippen molar-refractivity contribution in [3.63, 3.8) is 0 Å². The predicted octanol–water partition coefficient (Wildman–Crippen LogP) is 3.14. The monoisotopic (exact) mass is 542 g/mol. The molecule has 2 aromatic carbocycles. The Labute approximate surface area is 223 Å². The lowest BCUT2D eigenvalue weighted by Crippen LogP contribution is -2.41. The number of nitrogens with zero attached hydrogens (tertiary/aromatic N) is 2. The van der Waals surface area contributed by atoms with E-state index in [0.29, 0.717) is 24.5 Å². The topological polar surface area (TPSA) is 139 Å². The molecule has 38 heavy (non-hydrogen) atoms. The first-order valence-electron chi connectivity index (χ1n) is 12.2. The molecule has 2 heterocycles. The van der Waals surface area contributed by atoms with Crippen molar-refractivity contribution < 1.29 is 23.9 Å². The largest absolute Gasteiger partial charge is 0.396 e. The van der Waals surface area contributed by atoms with Gasteiger partial charge in [0.1, 0.15) is 11.5 Å². The normalized spacial score (nSPS) is 15.6. The van der Waals surface area contributed by atoms with Crippen molar-refractivity contribution in [2.75, 3.05) is 43.4 Å². The zero-order chi connectivity index (χ0) is 27.1. The maximum Gasteiger partial charge on any atom is 0.276 e. The highest BCUT2D eigenvalue weighted by atomic mass is 35.5. The summed E-state index contributed by atoms with van der Waals surface area (Å²) in [7, 11) is 0. The Morgan fingerprint density at radius 1 is 1.08 bits per heavy atom. The molecule has 0 aliphatic carbocycles. The second kappa shape index (κ2) is 12.6. The molecule has 3 aromatic rings. The number of imidazole rings is 1. The average molecular weight is 543 g/mol. The number of likely N-dealkylation sites (tertiary alicyclic amines) is 1. The number of piperidine rings is 1. The highest BCUT2D eigenvalue weighted by Crippen LogP contribution is 2.20. The third-order valence-electron chi connectivity index (χ3n) is 6.23. The van der Waals surface area contributed by atoms with Crippen molar-refractivity contribution in [3.8, 4) is 0 Å². The van der Waals surface area contributed by atoms with Gasteiger partial charge in [0.25, 0.3) is 17.7 Å². The lowest BCUT2D eigenvalue weighted by Gasteiger charge is -2.31. The van der Waals surface area contributed by atoms with Crippen molar-refractivity contribution in [1.82, 2.24) is 20.2 Å². The summed E-state index contributed by atoms with van der Waals surface area (Å²) in [4.78, 5) is 46.8. The number of aliphatic hydroxyl groups excluding tert-OH is 1. The lowest BCUT2D eigenvalue weighted by molar-refractivity contribution is 0.0916. The Bertz CT molecular complexity index is 1300. The molecule has 3 amide bonds. The Balaban J connectivity index is 1.30. The zero-order valence-corrected chi connectivity index (χ0v) is 21.2. The molecule has 1 aliphatic heterocycles. The molecule has 5 N–H and O–H groups in total. The van der Waals surface area contributed by atoms with Crippen LogP contribution in [0, 0.1) is 11.7 Å². The van der Waals surface area contributed by atoms with Crippen LogP contribution in [0.3, 0.4) is 0 Å². The van der Waals surface area contributed by atoms with Crippen molar-refractivity contribution in [1.29, 1.82) is 0 Å². The number of hydrogen-bond acceptors (Lipinski definition) is 6. The summed E-state index contributed by atoms with van der Waals surface area (Å²) in [5.74, 6) is -1.80. The number of hydrogen-bond donors (Lipinski definition) is 5. The Morgan fingerprint density at radius 3 is 2.47 bits per heavy atom. The molecule has 1 atom stereocenters. The van der Waals surface area contributed by atoms with Crippen LogP contribution in [0.5, 0.6) is 0 Å². The van der Waals surface area contributed by atoms with Crippen molar-refractivity contribution in [2.24, 2.45) is 5.92 Å². The van der Waals surface area contributed by atoms with E-state index in [-0.39, 0.29) is 34.5 Å². The van der Waals surface area contributed by atoms with Gasteiger partial charge in [-0.05, 0) is 67.8 Å². The van der Waals surface area contributed by atoms with Gasteiger partial charge in [-0.25, -0.2) is 9.37 Å². The molecule has 0 bridgehead atoms. The molecule has 1 unspecified atom stereocenters. The number of amides is 3.